The molecule has 0 saturated carbocycles. The smallest absolute Gasteiger partial charge is 0.0701 e. The van der Waals surface area contributed by atoms with E-state index in [1.54, 1.807) is 0 Å². The van der Waals surface area contributed by atoms with E-state index < -0.39 is 0 Å². The topological polar surface area (TPSA) is 67.9 Å². The number of nitrogens with zero attached hydrogens (tertiary/aromatic N) is 1. The Morgan fingerprint density at radius 2 is 0.650 bits per heavy atom. The molecule has 40 heavy (non-hydrogen) atoms. The van der Waals surface area contributed by atoms with Crippen LogP contribution in [0.25, 0.3) is 0 Å². The molecule has 0 bridgehead atoms. The largest absolute Gasteiger partial charge is 0.381 e. The SMILES string of the molecule is CC(C)CCOCCCCCN(CCOCCOCCOCCC(C)C)CCOCCOCCOCCC(C)C. The van der Waals surface area contributed by atoms with Gasteiger partial charge in [-0.2, -0.15) is 0 Å². The molecule has 0 aliphatic carbocycles. The minimum absolute atomic E-state index is 0.607. The van der Waals surface area contributed by atoms with Gasteiger partial charge in [0.15, 0.2) is 0 Å². The molecule has 0 heterocycles. The molecule has 8 heteroatoms. The first-order chi connectivity index (χ1) is 19.4. The fourth-order valence-corrected chi connectivity index (χ4v) is 3.58. The van der Waals surface area contributed by atoms with E-state index in [1.807, 2.05) is 0 Å². The number of unbranched alkanes of at least 4 members (excludes halogenated alkanes) is 2. The zero-order chi connectivity index (χ0) is 29.5. The number of ether oxygens (including phenoxy) is 7. The third kappa shape index (κ3) is 33.9. The van der Waals surface area contributed by atoms with Gasteiger partial charge in [0, 0.05) is 39.5 Å². The average Bonchev–Trinajstić information content (AvgIpc) is 2.90. The van der Waals surface area contributed by atoms with Crippen LogP contribution in [0.15, 0.2) is 0 Å². The lowest BCUT2D eigenvalue weighted by Gasteiger charge is -2.22. The van der Waals surface area contributed by atoms with Gasteiger partial charge < -0.3 is 33.2 Å². The minimum atomic E-state index is 0.607. The van der Waals surface area contributed by atoms with Crippen molar-refractivity contribution >= 4 is 0 Å². The molecule has 0 rings (SSSR count). The number of hydrogen-bond acceptors (Lipinski definition) is 8. The van der Waals surface area contributed by atoms with Gasteiger partial charge in [-0.25, -0.2) is 0 Å². The van der Waals surface area contributed by atoms with Gasteiger partial charge in [-0.3, -0.25) is 4.90 Å². The van der Waals surface area contributed by atoms with Gasteiger partial charge in [-0.05, 0) is 62.8 Å². The van der Waals surface area contributed by atoms with Crippen LogP contribution < -0.4 is 0 Å². The summed E-state index contributed by atoms with van der Waals surface area (Å²) in [5.41, 5.74) is 0. The van der Waals surface area contributed by atoms with E-state index in [4.69, 9.17) is 33.2 Å². The first-order valence-corrected chi connectivity index (χ1v) is 16.2. The molecular weight excluding hydrogens is 510 g/mol. The summed E-state index contributed by atoms with van der Waals surface area (Å²) in [7, 11) is 0. The van der Waals surface area contributed by atoms with E-state index in [2.05, 4.69) is 46.4 Å². The van der Waals surface area contributed by atoms with Gasteiger partial charge in [-0.1, -0.05) is 41.5 Å². The highest BCUT2D eigenvalue weighted by atomic mass is 16.5. The molecule has 0 atom stereocenters. The first-order valence-electron chi connectivity index (χ1n) is 16.2. The van der Waals surface area contributed by atoms with Gasteiger partial charge in [0.25, 0.3) is 0 Å². The lowest BCUT2D eigenvalue weighted by Crippen LogP contribution is -2.32. The standard InChI is InChI=1S/C32H67NO7/c1-30(2)10-17-34-16-9-7-8-13-33(14-20-37-24-28-39-26-22-35-18-11-31(3)4)15-21-38-25-29-40-27-23-36-19-12-32(5)6/h30-32H,7-29H2,1-6H3. The lowest BCUT2D eigenvalue weighted by molar-refractivity contribution is 0.00121. The van der Waals surface area contributed by atoms with E-state index in [-0.39, 0.29) is 0 Å². The molecule has 0 aromatic rings. The third-order valence-electron chi connectivity index (χ3n) is 6.37. The minimum Gasteiger partial charge on any atom is -0.381 e. The van der Waals surface area contributed by atoms with E-state index >= 15 is 0 Å². The van der Waals surface area contributed by atoms with Crippen LogP contribution in [-0.2, 0) is 33.2 Å². The molecule has 0 spiro atoms. The quantitative estimate of drug-likeness (QED) is 0.0919. The van der Waals surface area contributed by atoms with Crippen molar-refractivity contribution in [3.05, 3.63) is 0 Å². The Balaban J connectivity index is 3.91. The summed E-state index contributed by atoms with van der Waals surface area (Å²) >= 11 is 0. The van der Waals surface area contributed by atoms with Crippen molar-refractivity contribution in [2.75, 3.05) is 112 Å². The summed E-state index contributed by atoms with van der Waals surface area (Å²) in [6.45, 7) is 25.9. The van der Waals surface area contributed by atoms with Crippen molar-refractivity contribution in [1.82, 2.24) is 4.90 Å². The van der Waals surface area contributed by atoms with E-state index in [9.17, 15) is 0 Å². The maximum atomic E-state index is 5.83. The lowest BCUT2D eigenvalue weighted by atomic mass is 10.1. The van der Waals surface area contributed by atoms with Crippen LogP contribution in [0.2, 0.25) is 0 Å². The molecule has 8 nitrogen and oxygen atoms in total. The molecule has 0 fully saturated rings. The van der Waals surface area contributed by atoms with Gasteiger partial charge in [0.2, 0.25) is 0 Å². The fraction of sp³-hybridized carbons (Fsp3) is 1.00. The van der Waals surface area contributed by atoms with Crippen molar-refractivity contribution in [3.63, 3.8) is 0 Å². The van der Waals surface area contributed by atoms with Crippen molar-refractivity contribution in [2.45, 2.75) is 80.1 Å². The Labute approximate surface area is 248 Å². The zero-order valence-corrected chi connectivity index (χ0v) is 27.3. The van der Waals surface area contributed by atoms with Crippen LogP contribution in [0.3, 0.4) is 0 Å². The fourth-order valence-electron chi connectivity index (χ4n) is 3.58. The van der Waals surface area contributed by atoms with Gasteiger partial charge in [0.1, 0.15) is 0 Å². The average molecular weight is 578 g/mol. The Bertz CT molecular complexity index is 450. The molecule has 0 aliphatic heterocycles. The highest BCUT2D eigenvalue weighted by Crippen LogP contribution is 2.03. The molecule has 0 unspecified atom stereocenters. The van der Waals surface area contributed by atoms with Crippen molar-refractivity contribution in [1.29, 1.82) is 0 Å². The molecule has 0 radical (unpaired) electrons. The Morgan fingerprint density at radius 1 is 0.325 bits per heavy atom. The second kappa shape index (κ2) is 31.6. The molecule has 0 saturated heterocycles. The second-order valence-electron chi connectivity index (χ2n) is 11.7. The van der Waals surface area contributed by atoms with Crippen LogP contribution in [0.1, 0.15) is 80.1 Å². The van der Waals surface area contributed by atoms with Crippen molar-refractivity contribution < 1.29 is 33.2 Å². The van der Waals surface area contributed by atoms with Crippen molar-refractivity contribution in [2.24, 2.45) is 17.8 Å². The van der Waals surface area contributed by atoms with Crippen LogP contribution in [0.4, 0.5) is 0 Å². The monoisotopic (exact) mass is 577 g/mol. The maximum Gasteiger partial charge on any atom is 0.0701 e. The first kappa shape index (κ1) is 39.7. The summed E-state index contributed by atoms with van der Waals surface area (Å²) in [4.78, 5) is 2.44. The molecular formula is C32H67NO7. The van der Waals surface area contributed by atoms with Gasteiger partial charge in [0.05, 0.1) is 66.1 Å². The molecule has 0 amide bonds. The predicted octanol–water partition coefficient (Wildman–Crippen LogP) is 5.71. The molecule has 0 aromatic heterocycles. The van der Waals surface area contributed by atoms with Crippen molar-refractivity contribution in [3.8, 4) is 0 Å². The Kier molecular flexibility index (Phi) is 31.4. The number of rotatable bonds is 33. The third-order valence-corrected chi connectivity index (χ3v) is 6.37. The summed E-state index contributed by atoms with van der Waals surface area (Å²) in [5, 5.41) is 0. The molecule has 0 aliphatic rings. The molecule has 0 N–H and O–H groups in total. The predicted molar refractivity (Wildman–Crippen MR) is 164 cm³/mol. The highest BCUT2D eigenvalue weighted by Gasteiger charge is 2.06. The molecule has 242 valence electrons. The number of hydrogen-bond donors (Lipinski definition) is 0. The van der Waals surface area contributed by atoms with Crippen LogP contribution in [0.5, 0.6) is 0 Å². The summed E-state index contributed by atoms with van der Waals surface area (Å²) in [6, 6.07) is 0. The summed E-state index contributed by atoms with van der Waals surface area (Å²) in [6.07, 6.45) is 6.79. The van der Waals surface area contributed by atoms with Gasteiger partial charge >= 0.3 is 0 Å². The Hall–Kier alpha value is -0.320. The van der Waals surface area contributed by atoms with Gasteiger partial charge in [-0.15, -0.1) is 0 Å². The highest BCUT2D eigenvalue weighted by molar-refractivity contribution is 4.58. The summed E-state index contributed by atoms with van der Waals surface area (Å²) in [5.74, 6) is 2.06. The maximum absolute atomic E-state index is 5.83. The van der Waals surface area contributed by atoms with E-state index in [1.165, 1.54) is 6.42 Å². The zero-order valence-electron chi connectivity index (χ0n) is 27.3. The second-order valence-corrected chi connectivity index (χ2v) is 11.7. The Morgan fingerprint density at radius 3 is 1.02 bits per heavy atom. The van der Waals surface area contributed by atoms with E-state index in [0.717, 1.165) is 78.2 Å². The normalized spacial score (nSPS) is 12.2. The van der Waals surface area contributed by atoms with Crippen LogP contribution in [-0.4, -0.2) is 117 Å². The summed E-state index contributed by atoms with van der Waals surface area (Å²) < 4.78 is 39.8. The van der Waals surface area contributed by atoms with E-state index in [0.29, 0.717) is 83.8 Å². The molecule has 0 aromatic carbocycles. The van der Waals surface area contributed by atoms with Crippen LogP contribution >= 0.6 is 0 Å². The van der Waals surface area contributed by atoms with Crippen LogP contribution in [0, 0.1) is 17.8 Å².